The average Bonchev–Trinajstić information content (AvgIpc) is 2.36. The van der Waals surface area contributed by atoms with Gasteiger partial charge in [0.05, 0.1) is 5.41 Å². The number of amides is 1. The van der Waals surface area contributed by atoms with Crippen LogP contribution in [0.25, 0.3) is 0 Å². The normalized spacial score (nSPS) is 20.7. The molecule has 18 heavy (non-hydrogen) atoms. The summed E-state index contributed by atoms with van der Waals surface area (Å²) in [6.45, 7) is 3.16. The minimum Gasteiger partial charge on any atom is -0.385 e. The summed E-state index contributed by atoms with van der Waals surface area (Å²) in [6.07, 6.45) is -1.53. The van der Waals surface area contributed by atoms with Gasteiger partial charge in [0.1, 0.15) is 6.10 Å². The zero-order chi connectivity index (χ0) is 13.6. The van der Waals surface area contributed by atoms with Crippen molar-refractivity contribution in [2.45, 2.75) is 45.1 Å². The van der Waals surface area contributed by atoms with Crippen molar-refractivity contribution >= 4 is 5.91 Å². The number of hydrogen-bond donors (Lipinski definition) is 3. The van der Waals surface area contributed by atoms with Crippen LogP contribution in [-0.2, 0) is 4.79 Å². The molecule has 0 aromatic heterocycles. The third-order valence-corrected chi connectivity index (χ3v) is 3.53. The monoisotopic (exact) mass is 264 g/mol. The van der Waals surface area contributed by atoms with E-state index in [1.807, 2.05) is 6.92 Å². The first-order chi connectivity index (χ1) is 8.52. The standard InChI is InChI=1S/C12H22F2N2O2/c1-2-3-12(4-6-15-7-5-12)11(18)16-8-9(17)10(13)14/h9-10,15,17H,2-8H2,1H3,(H,16,18). The van der Waals surface area contributed by atoms with Gasteiger partial charge < -0.3 is 15.7 Å². The summed E-state index contributed by atoms with van der Waals surface area (Å²) in [5, 5.41) is 14.7. The molecule has 1 amide bonds. The second-order valence-corrected chi connectivity index (χ2v) is 4.89. The van der Waals surface area contributed by atoms with Gasteiger partial charge in [0.25, 0.3) is 6.43 Å². The lowest BCUT2D eigenvalue weighted by atomic mass is 9.74. The van der Waals surface area contributed by atoms with Crippen LogP contribution in [-0.4, -0.2) is 43.2 Å². The molecule has 0 saturated carbocycles. The molecule has 0 aromatic carbocycles. The second-order valence-electron chi connectivity index (χ2n) is 4.89. The van der Waals surface area contributed by atoms with Crippen LogP contribution in [0.2, 0.25) is 0 Å². The molecule has 1 saturated heterocycles. The molecule has 3 N–H and O–H groups in total. The number of halogens is 2. The third kappa shape index (κ3) is 3.88. The number of hydrogen-bond acceptors (Lipinski definition) is 3. The van der Waals surface area contributed by atoms with Crippen molar-refractivity contribution in [1.82, 2.24) is 10.6 Å². The van der Waals surface area contributed by atoms with Crippen LogP contribution in [0.3, 0.4) is 0 Å². The molecule has 0 aliphatic carbocycles. The maximum Gasteiger partial charge on any atom is 0.265 e. The van der Waals surface area contributed by atoms with Crippen LogP contribution in [0.5, 0.6) is 0 Å². The van der Waals surface area contributed by atoms with E-state index in [1.54, 1.807) is 0 Å². The Kier molecular flexibility index (Phi) is 5.95. The van der Waals surface area contributed by atoms with Crippen molar-refractivity contribution in [2.24, 2.45) is 5.41 Å². The number of alkyl halides is 2. The molecule has 6 heteroatoms. The summed E-state index contributed by atoms with van der Waals surface area (Å²) in [5.74, 6) is -0.203. The number of carbonyl (C=O) groups is 1. The maximum absolute atomic E-state index is 12.2. The van der Waals surface area contributed by atoms with Crippen molar-refractivity contribution in [3.63, 3.8) is 0 Å². The van der Waals surface area contributed by atoms with Crippen LogP contribution >= 0.6 is 0 Å². The number of aliphatic hydroxyl groups excluding tert-OH is 1. The van der Waals surface area contributed by atoms with E-state index in [-0.39, 0.29) is 12.5 Å². The Hall–Kier alpha value is -0.750. The van der Waals surface area contributed by atoms with Crippen LogP contribution in [0.15, 0.2) is 0 Å². The smallest absolute Gasteiger partial charge is 0.265 e. The summed E-state index contributed by atoms with van der Waals surface area (Å²) in [5.41, 5.74) is -0.457. The summed E-state index contributed by atoms with van der Waals surface area (Å²) in [6, 6.07) is 0. The molecule has 1 atom stereocenters. The highest BCUT2D eigenvalue weighted by Crippen LogP contribution is 2.34. The third-order valence-electron chi connectivity index (χ3n) is 3.53. The van der Waals surface area contributed by atoms with Crippen molar-refractivity contribution in [3.8, 4) is 0 Å². The highest BCUT2D eigenvalue weighted by molar-refractivity contribution is 5.82. The molecule has 1 fully saturated rings. The summed E-state index contributed by atoms with van der Waals surface area (Å²) >= 11 is 0. The fraction of sp³-hybridized carbons (Fsp3) is 0.917. The maximum atomic E-state index is 12.2. The average molecular weight is 264 g/mol. The van der Waals surface area contributed by atoms with Crippen molar-refractivity contribution in [1.29, 1.82) is 0 Å². The van der Waals surface area contributed by atoms with Crippen molar-refractivity contribution in [3.05, 3.63) is 0 Å². The van der Waals surface area contributed by atoms with E-state index in [2.05, 4.69) is 10.6 Å². The Morgan fingerprint density at radius 2 is 2.06 bits per heavy atom. The fourth-order valence-corrected chi connectivity index (χ4v) is 2.45. The van der Waals surface area contributed by atoms with Crippen LogP contribution in [0, 0.1) is 5.41 Å². The van der Waals surface area contributed by atoms with Gasteiger partial charge in [-0.15, -0.1) is 0 Å². The topological polar surface area (TPSA) is 61.4 Å². The van der Waals surface area contributed by atoms with E-state index < -0.39 is 17.9 Å². The summed E-state index contributed by atoms with van der Waals surface area (Å²) in [4.78, 5) is 12.1. The van der Waals surface area contributed by atoms with Gasteiger partial charge in [0.15, 0.2) is 0 Å². The minimum absolute atomic E-state index is 0.203. The van der Waals surface area contributed by atoms with Gasteiger partial charge in [-0.25, -0.2) is 8.78 Å². The van der Waals surface area contributed by atoms with Crippen molar-refractivity contribution < 1.29 is 18.7 Å². The van der Waals surface area contributed by atoms with E-state index in [1.165, 1.54) is 0 Å². The minimum atomic E-state index is -2.82. The van der Waals surface area contributed by atoms with Gasteiger partial charge in [0, 0.05) is 6.54 Å². The first-order valence-electron chi connectivity index (χ1n) is 6.47. The fourth-order valence-electron chi connectivity index (χ4n) is 2.45. The Balaban J connectivity index is 2.54. The Morgan fingerprint density at radius 1 is 1.44 bits per heavy atom. The van der Waals surface area contributed by atoms with Crippen molar-refractivity contribution in [2.75, 3.05) is 19.6 Å². The van der Waals surface area contributed by atoms with E-state index in [9.17, 15) is 13.6 Å². The van der Waals surface area contributed by atoms with E-state index >= 15 is 0 Å². The lowest BCUT2D eigenvalue weighted by molar-refractivity contribution is -0.134. The van der Waals surface area contributed by atoms with Gasteiger partial charge in [0.2, 0.25) is 5.91 Å². The molecule has 1 unspecified atom stereocenters. The van der Waals surface area contributed by atoms with Gasteiger partial charge in [-0.3, -0.25) is 4.79 Å². The SMILES string of the molecule is CCCC1(C(=O)NCC(O)C(F)F)CCNCC1. The van der Waals surface area contributed by atoms with Gasteiger partial charge in [-0.05, 0) is 32.4 Å². The number of aliphatic hydroxyl groups is 1. The lowest BCUT2D eigenvalue weighted by Crippen LogP contribution is -2.49. The highest BCUT2D eigenvalue weighted by atomic mass is 19.3. The Labute approximate surface area is 106 Å². The predicted octanol–water partition coefficient (Wildman–Crippen LogP) is 0.899. The zero-order valence-electron chi connectivity index (χ0n) is 10.7. The van der Waals surface area contributed by atoms with E-state index in [4.69, 9.17) is 5.11 Å². The number of carbonyl (C=O) groups excluding carboxylic acids is 1. The molecule has 1 heterocycles. The molecule has 0 bridgehead atoms. The van der Waals surface area contributed by atoms with E-state index in [0.29, 0.717) is 0 Å². The van der Waals surface area contributed by atoms with Gasteiger partial charge in [-0.2, -0.15) is 0 Å². The summed E-state index contributed by atoms with van der Waals surface area (Å²) in [7, 11) is 0. The molecule has 4 nitrogen and oxygen atoms in total. The van der Waals surface area contributed by atoms with Crippen LogP contribution < -0.4 is 10.6 Å². The largest absolute Gasteiger partial charge is 0.385 e. The first kappa shape index (κ1) is 15.3. The van der Waals surface area contributed by atoms with Gasteiger partial charge in [-0.1, -0.05) is 13.3 Å². The first-order valence-corrected chi connectivity index (χ1v) is 6.47. The lowest BCUT2D eigenvalue weighted by Gasteiger charge is -2.36. The zero-order valence-corrected chi connectivity index (χ0v) is 10.7. The molecule has 0 spiro atoms. The predicted molar refractivity (Wildman–Crippen MR) is 64.5 cm³/mol. The quantitative estimate of drug-likeness (QED) is 0.668. The molecule has 0 aromatic rings. The number of piperidine rings is 1. The Bertz CT molecular complexity index is 263. The number of nitrogens with one attached hydrogen (secondary N) is 2. The molecule has 1 aliphatic rings. The Morgan fingerprint density at radius 3 is 2.56 bits per heavy atom. The number of rotatable bonds is 6. The molecular formula is C12H22F2N2O2. The van der Waals surface area contributed by atoms with Crippen LogP contribution in [0.1, 0.15) is 32.6 Å². The highest BCUT2D eigenvalue weighted by Gasteiger charge is 2.38. The second kappa shape index (κ2) is 6.99. The summed E-state index contributed by atoms with van der Waals surface area (Å²) < 4.78 is 24.3. The van der Waals surface area contributed by atoms with E-state index in [0.717, 1.165) is 38.8 Å². The molecular weight excluding hydrogens is 242 g/mol. The molecule has 0 radical (unpaired) electrons. The molecule has 1 aliphatic heterocycles. The molecule has 1 rings (SSSR count). The van der Waals surface area contributed by atoms with Gasteiger partial charge >= 0.3 is 0 Å². The van der Waals surface area contributed by atoms with Crippen LogP contribution in [0.4, 0.5) is 8.78 Å². The molecule has 106 valence electrons.